The summed E-state index contributed by atoms with van der Waals surface area (Å²) in [5.41, 5.74) is 1.24. The van der Waals surface area contributed by atoms with Crippen LogP contribution in [-0.4, -0.2) is 10.2 Å². The van der Waals surface area contributed by atoms with E-state index in [4.69, 9.17) is 11.6 Å². The molecule has 0 bridgehead atoms. The normalized spacial score (nSPS) is 10.2. The van der Waals surface area contributed by atoms with Crippen molar-refractivity contribution in [2.24, 2.45) is 0 Å². The van der Waals surface area contributed by atoms with Crippen LogP contribution in [0.4, 0.5) is 0 Å². The quantitative estimate of drug-likeness (QED) is 0.662. The number of benzene rings is 1. The standard InChI is InChI=1S/C12H7ClINO2/c13-11(16)9-10(14)8(6-15-12(9)17)7-4-2-1-3-5-7/h1-6H,(H,15,17). The van der Waals surface area contributed by atoms with E-state index in [9.17, 15) is 9.59 Å². The molecule has 1 aromatic heterocycles. The van der Waals surface area contributed by atoms with Gasteiger partial charge in [0, 0.05) is 15.3 Å². The smallest absolute Gasteiger partial charge is 0.261 e. The van der Waals surface area contributed by atoms with Crippen LogP contribution in [0, 0.1) is 3.57 Å². The van der Waals surface area contributed by atoms with Crippen LogP contribution in [-0.2, 0) is 0 Å². The minimum absolute atomic E-state index is 0.00591. The van der Waals surface area contributed by atoms with Gasteiger partial charge in [-0.2, -0.15) is 0 Å². The molecule has 5 heteroatoms. The zero-order chi connectivity index (χ0) is 12.4. The number of carbonyl (C=O) groups is 1. The Morgan fingerprint density at radius 1 is 1.24 bits per heavy atom. The largest absolute Gasteiger partial charge is 0.328 e. The Labute approximate surface area is 116 Å². The summed E-state index contributed by atoms with van der Waals surface area (Å²) in [6.07, 6.45) is 1.59. The number of carbonyl (C=O) groups excluding carboxylic acids is 1. The van der Waals surface area contributed by atoms with Crippen molar-refractivity contribution in [1.82, 2.24) is 4.98 Å². The van der Waals surface area contributed by atoms with Gasteiger partial charge in [0.1, 0.15) is 5.56 Å². The average Bonchev–Trinajstić information content (AvgIpc) is 2.30. The van der Waals surface area contributed by atoms with E-state index < -0.39 is 10.8 Å². The molecule has 0 aliphatic carbocycles. The topological polar surface area (TPSA) is 49.9 Å². The van der Waals surface area contributed by atoms with Crippen molar-refractivity contribution in [2.75, 3.05) is 0 Å². The first-order valence-corrected chi connectivity index (χ1v) is 6.23. The first kappa shape index (κ1) is 12.3. The van der Waals surface area contributed by atoms with Crippen LogP contribution in [0.25, 0.3) is 11.1 Å². The van der Waals surface area contributed by atoms with Crippen LogP contribution in [0.3, 0.4) is 0 Å². The number of pyridine rings is 1. The number of aromatic amines is 1. The zero-order valence-corrected chi connectivity index (χ0v) is 11.4. The molecule has 0 unspecified atom stereocenters. The van der Waals surface area contributed by atoms with Crippen molar-refractivity contribution in [3.63, 3.8) is 0 Å². The summed E-state index contributed by atoms with van der Waals surface area (Å²) in [5.74, 6) is 0. The fraction of sp³-hybridized carbons (Fsp3) is 0. The Hall–Kier alpha value is -1.14. The van der Waals surface area contributed by atoms with E-state index in [-0.39, 0.29) is 5.56 Å². The number of hydrogen-bond acceptors (Lipinski definition) is 2. The lowest BCUT2D eigenvalue weighted by atomic mass is 10.1. The van der Waals surface area contributed by atoms with Crippen LogP contribution >= 0.6 is 34.2 Å². The summed E-state index contributed by atoms with van der Waals surface area (Å²) in [7, 11) is 0. The molecular weight excluding hydrogens is 352 g/mol. The van der Waals surface area contributed by atoms with E-state index in [1.165, 1.54) is 0 Å². The minimum atomic E-state index is -0.742. The third-order valence-corrected chi connectivity index (χ3v) is 3.62. The molecule has 0 saturated heterocycles. The third kappa shape index (κ3) is 2.42. The van der Waals surface area contributed by atoms with Crippen molar-refractivity contribution >= 4 is 39.4 Å². The van der Waals surface area contributed by atoms with Gasteiger partial charge in [0.2, 0.25) is 0 Å². The maximum Gasteiger partial charge on any atom is 0.261 e. The van der Waals surface area contributed by atoms with Crippen molar-refractivity contribution in [3.05, 3.63) is 56.0 Å². The highest BCUT2D eigenvalue weighted by atomic mass is 127. The monoisotopic (exact) mass is 359 g/mol. The molecule has 1 aromatic carbocycles. The van der Waals surface area contributed by atoms with E-state index in [1.807, 2.05) is 52.9 Å². The first-order chi connectivity index (χ1) is 8.11. The molecule has 17 heavy (non-hydrogen) atoms. The van der Waals surface area contributed by atoms with Gasteiger partial charge < -0.3 is 4.98 Å². The van der Waals surface area contributed by atoms with Gasteiger partial charge in [-0.3, -0.25) is 9.59 Å². The molecular formula is C12H7ClINO2. The molecule has 3 nitrogen and oxygen atoms in total. The van der Waals surface area contributed by atoms with E-state index in [1.54, 1.807) is 6.20 Å². The second-order valence-electron chi connectivity index (χ2n) is 3.36. The molecule has 86 valence electrons. The lowest BCUT2D eigenvalue weighted by molar-refractivity contribution is 0.107. The van der Waals surface area contributed by atoms with Crippen LogP contribution in [0.5, 0.6) is 0 Å². The molecule has 1 N–H and O–H groups in total. The van der Waals surface area contributed by atoms with E-state index >= 15 is 0 Å². The molecule has 0 spiro atoms. The predicted molar refractivity (Wildman–Crippen MR) is 75.4 cm³/mol. The number of rotatable bonds is 2. The Kier molecular flexibility index (Phi) is 3.63. The molecule has 0 aliphatic rings. The van der Waals surface area contributed by atoms with Gasteiger partial charge in [-0.25, -0.2) is 0 Å². The van der Waals surface area contributed by atoms with Crippen molar-refractivity contribution < 1.29 is 4.79 Å². The van der Waals surface area contributed by atoms with Gasteiger partial charge in [0.25, 0.3) is 10.8 Å². The molecule has 0 atom stereocenters. The number of hydrogen-bond donors (Lipinski definition) is 1. The highest BCUT2D eigenvalue weighted by molar-refractivity contribution is 14.1. The van der Waals surface area contributed by atoms with Crippen molar-refractivity contribution in [3.8, 4) is 11.1 Å². The van der Waals surface area contributed by atoms with Gasteiger partial charge in [-0.1, -0.05) is 30.3 Å². The molecule has 2 rings (SSSR count). The van der Waals surface area contributed by atoms with Crippen molar-refractivity contribution in [1.29, 1.82) is 0 Å². The number of H-pyrrole nitrogens is 1. The van der Waals surface area contributed by atoms with E-state index in [0.717, 1.165) is 11.1 Å². The summed E-state index contributed by atoms with van der Waals surface area (Å²) >= 11 is 7.37. The van der Waals surface area contributed by atoms with Crippen LogP contribution in [0.1, 0.15) is 10.4 Å². The lowest BCUT2D eigenvalue weighted by Crippen LogP contribution is -2.17. The van der Waals surface area contributed by atoms with E-state index in [2.05, 4.69) is 4.98 Å². The van der Waals surface area contributed by atoms with Gasteiger partial charge in [0.05, 0.1) is 0 Å². The van der Waals surface area contributed by atoms with Gasteiger partial charge >= 0.3 is 0 Å². The maximum atomic E-state index is 11.5. The Bertz CT molecular complexity index is 622. The third-order valence-electron chi connectivity index (χ3n) is 2.31. The second-order valence-corrected chi connectivity index (χ2v) is 4.78. The van der Waals surface area contributed by atoms with Gasteiger partial charge in [0.15, 0.2) is 0 Å². The number of aromatic nitrogens is 1. The van der Waals surface area contributed by atoms with E-state index in [0.29, 0.717) is 3.57 Å². The van der Waals surface area contributed by atoms with Crippen molar-refractivity contribution in [2.45, 2.75) is 0 Å². The summed E-state index contributed by atoms with van der Waals surface area (Å²) < 4.78 is 0.567. The predicted octanol–water partition coefficient (Wildman–Crippen LogP) is 3.03. The summed E-state index contributed by atoms with van der Waals surface area (Å²) in [6.45, 7) is 0. The Morgan fingerprint density at radius 2 is 1.88 bits per heavy atom. The summed E-state index contributed by atoms with van der Waals surface area (Å²) in [6, 6.07) is 9.48. The molecule has 0 saturated carbocycles. The summed E-state index contributed by atoms with van der Waals surface area (Å²) in [4.78, 5) is 25.2. The Balaban J connectivity index is 2.70. The van der Waals surface area contributed by atoms with Gasteiger partial charge in [-0.15, -0.1) is 0 Å². The minimum Gasteiger partial charge on any atom is -0.328 e. The average molecular weight is 360 g/mol. The SMILES string of the molecule is O=C(Cl)c1c(I)c(-c2ccccc2)c[nH]c1=O. The molecule has 0 radical (unpaired) electrons. The molecule has 2 aromatic rings. The molecule has 0 aliphatic heterocycles. The maximum absolute atomic E-state index is 11.5. The lowest BCUT2D eigenvalue weighted by Gasteiger charge is -2.06. The number of halogens is 2. The first-order valence-electron chi connectivity index (χ1n) is 4.77. The highest BCUT2D eigenvalue weighted by Crippen LogP contribution is 2.25. The van der Waals surface area contributed by atoms with Crippen LogP contribution in [0.15, 0.2) is 41.3 Å². The second kappa shape index (κ2) is 5.01. The number of nitrogens with one attached hydrogen (secondary N) is 1. The van der Waals surface area contributed by atoms with Crippen LogP contribution in [0.2, 0.25) is 0 Å². The van der Waals surface area contributed by atoms with Gasteiger partial charge in [-0.05, 0) is 39.8 Å². The summed E-state index contributed by atoms with van der Waals surface area (Å²) in [5, 5.41) is -0.742. The fourth-order valence-electron chi connectivity index (χ4n) is 1.51. The molecule has 0 amide bonds. The zero-order valence-electron chi connectivity index (χ0n) is 8.54. The molecule has 0 fully saturated rings. The Morgan fingerprint density at radius 3 is 2.47 bits per heavy atom. The fourth-order valence-corrected chi connectivity index (χ4v) is 2.81. The van der Waals surface area contributed by atoms with Crippen LogP contribution < -0.4 is 5.56 Å². The molecule has 1 heterocycles. The highest BCUT2D eigenvalue weighted by Gasteiger charge is 2.16.